The zero-order chi connectivity index (χ0) is 15.4. The van der Waals surface area contributed by atoms with Crippen molar-refractivity contribution in [1.82, 2.24) is 15.0 Å². The summed E-state index contributed by atoms with van der Waals surface area (Å²) < 4.78 is 6.84. The topological polar surface area (TPSA) is 57.0 Å². The van der Waals surface area contributed by atoms with E-state index in [0.717, 1.165) is 5.69 Å². The maximum absolute atomic E-state index is 11.9. The number of ether oxygens (including phenoxy) is 1. The lowest BCUT2D eigenvalue weighted by Crippen LogP contribution is -2.05. The van der Waals surface area contributed by atoms with E-state index in [1.807, 2.05) is 30.3 Å². The Labute approximate surface area is 132 Å². The summed E-state index contributed by atoms with van der Waals surface area (Å²) in [4.78, 5) is 11.9. The zero-order valence-corrected chi connectivity index (χ0v) is 12.3. The molecule has 6 heteroatoms. The van der Waals surface area contributed by atoms with Gasteiger partial charge in [0, 0.05) is 5.02 Å². The molecule has 3 aromatic rings. The summed E-state index contributed by atoms with van der Waals surface area (Å²) in [5, 5.41) is 8.57. The molecule has 0 aliphatic rings. The van der Waals surface area contributed by atoms with Crippen LogP contribution in [-0.2, 0) is 11.3 Å². The number of rotatable bonds is 4. The fourth-order valence-electron chi connectivity index (χ4n) is 1.88. The molecule has 0 N–H and O–H groups in total. The first-order chi connectivity index (χ1) is 10.7. The first-order valence-electron chi connectivity index (χ1n) is 6.62. The minimum atomic E-state index is -0.425. The second-order valence-electron chi connectivity index (χ2n) is 4.57. The fraction of sp³-hybridized carbons (Fsp3) is 0.0625. The van der Waals surface area contributed by atoms with Gasteiger partial charge in [-0.15, -0.1) is 5.10 Å². The van der Waals surface area contributed by atoms with Crippen molar-refractivity contribution in [3.63, 3.8) is 0 Å². The molecule has 0 spiro atoms. The van der Waals surface area contributed by atoms with Crippen LogP contribution in [0.1, 0.15) is 16.1 Å². The van der Waals surface area contributed by atoms with Gasteiger partial charge < -0.3 is 4.74 Å². The summed E-state index contributed by atoms with van der Waals surface area (Å²) in [7, 11) is 0. The van der Waals surface area contributed by atoms with Crippen LogP contribution in [0.2, 0.25) is 5.02 Å². The van der Waals surface area contributed by atoms with Gasteiger partial charge in [0.05, 0.1) is 17.4 Å². The first-order valence-corrected chi connectivity index (χ1v) is 6.99. The molecule has 0 aliphatic heterocycles. The van der Waals surface area contributed by atoms with Crippen LogP contribution < -0.4 is 0 Å². The van der Waals surface area contributed by atoms with Gasteiger partial charge in [0.2, 0.25) is 0 Å². The third kappa shape index (κ3) is 3.32. The Hall–Kier alpha value is -2.66. The number of para-hydroxylation sites is 1. The van der Waals surface area contributed by atoms with Crippen LogP contribution in [-0.4, -0.2) is 21.0 Å². The summed E-state index contributed by atoms with van der Waals surface area (Å²) in [6.45, 7) is 0.0638. The van der Waals surface area contributed by atoms with Crippen molar-refractivity contribution in [3.8, 4) is 5.69 Å². The Morgan fingerprint density at radius 2 is 1.82 bits per heavy atom. The summed E-state index contributed by atoms with van der Waals surface area (Å²) in [6.07, 6.45) is 1.73. The molecule has 0 saturated heterocycles. The molecule has 110 valence electrons. The number of benzene rings is 2. The molecular formula is C16H12ClN3O2. The van der Waals surface area contributed by atoms with Gasteiger partial charge in [-0.05, 0) is 36.4 Å². The van der Waals surface area contributed by atoms with Gasteiger partial charge >= 0.3 is 5.97 Å². The van der Waals surface area contributed by atoms with Crippen molar-refractivity contribution >= 4 is 17.6 Å². The molecule has 0 bridgehead atoms. The molecular weight excluding hydrogens is 302 g/mol. The Balaban J connectivity index is 1.64. The van der Waals surface area contributed by atoms with Gasteiger partial charge in [-0.25, -0.2) is 9.48 Å². The predicted octanol–water partition coefficient (Wildman–Crippen LogP) is 3.28. The summed E-state index contributed by atoms with van der Waals surface area (Å²) in [5.74, 6) is -0.425. The Kier molecular flexibility index (Phi) is 4.16. The highest BCUT2D eigenvalue weighted by Gasteiger charge is 2.09. The Bertz CT molecular complexity index is 770. The average Bonchev–Trinajstić information content (AvgIpc) is 3.03. The second kappa shape index (κ2) is 6.41. The third-order valence-electron chi connectivity index (χ3n) is 2.99. The van der Waals surface area contributed by atoms with Gasteiger partial charge in [0.1, 0.15) is 12.3 Å². The van der Waals surface area contributed by atoms with Gasteiger partial charge in [-0.1, -0.05) is 35.0 Å². The maximum atomic E-state index is 11.9. The smallest absolute Gasteiger partial charge is 0.338 e. The number of hydrogen-bond donors (Lipinski definition) is 0. The molecule has 5 nitrogen and oxygen atoms in total. The van der Waals surface area contributed by atoms with E-state index in [4.69, 9.17) is 16.3 Å². The molecule has 1 heterocycles. The van der Waals surface area contributed by atoms with Crippen LogP contribution in [0.15, 0.2) is 60.8 Å². The summed E-state index contributed by atoms with van der Waals surface area (Å²) in [5.41, 5.74) is 1.91. The number of carbonyl (C=O) groups is 1. The van der Waals surface area contributed by atoms with Crippen molar-refractivity contribution < 1.29 is 9.53 Å². The SMILES string of the molecule is O=C(OCc1cn(-c2ccccc2)nn1)c1ccc(Cl)cc1. The van der Waals surface area contributed by atoms with Gasteiger partial charge in [-0.3, -0.25) is 0 Å². The van der Waals surface area contributed by atoms with E-state index in [9.17, 15) is 4.79 Å². The lowest BCUT2D eigenvalue weighted by Gasteiger charge is -2.02. The van der Waals surface area contributed by atoms with Crippen LogP contribution in [0.3, 0.4) is 0 Å². The molecule has 0 saturated carbocycles. The van der Waals surface area contributed by atoms with E-state index in [2.05, 4.69) is 10.3 Å². The van der Waals surface area contributed by atoms with Crippen LogP contribution in [0.25, 0.3) is 5.69 Å². The number of nitrogens with zero attached hydrogens (tertiary/aromatic N) is 3. The number of halogens is 1. The Morgan fingerprint density at radius 3 is 2.55 bits per heavy atom. The standard InChI is InChI=1S/C16H12ClN3O2/c17-13-8-6-12(7-9-13)16(21)22-11-14-10-20(19-18-14)15-4-2-1-3-5-15/h1-10H,11H2. The largest absolute Gasteiger partial charge is 0.455 e. The summed E-state index contributed by atoms with van der Waals surface area (Å²) in [6, 6.07) is 16.1. The molecule has 1 aromatic heterocycles. The van der Waals surface area contributed by atoms with Crippen molar-refractivity contribution in [2.24, 2.45) is 0 Å². The Morgan fingerprint density at radius 1 is 1.09 bits per heavy atom. The molecule has 0 aliphatic carbocycles. The van der Waals surface area contributed by atoms with Gasteiger partial charge in [0.25, 0.3) is 0 Å². The molecule has 0 amide bonds. The second-order valence-corrected chi connectivity index (χ2v) is 5.01. The van der Waals surface area contributed by atoms with Crippen molar-refractivity contribution in [3.05, 3.63) is 77.1 Å². The molecule has 0 radical (unpaired) electrons. The molecule has 0 unspecified atom stereocenters. The highest BCUT2D eigenvalue weighted by molar-refractivity contribution is 6.30. The monoisotopic (exact) mass is 313 g/mol. The van der Waals surface area contributed by atoms with E-state index in [1.165, 1.54) is 0 Å². The number of hydrogen-bond acceptors (Lipinski definition) is 4. The molecule has 3 rings (SSSR count). The number of esters is 1. The summed E-state index contributed by atoms with van der Waals surface area (Å²) >= 11 is 5.78. The van der Waals surface area contributed by atoms with E-state index in [1.54, 1.807) is 35.1 Å². The highest BCUT2D eigenvalue weighted by Crippen LogP contribution is 2.11. The number of carbonyl (C=O) groups excluding carboxylic acids is 1. The lowest BCUT2D eigenvalue weighted by molar-refractivity contribution is 0.0467. The zero-order valence-electron chi connectivity index (χ0n) is 11.5. The van der Waals surface area contributed by atoms with Crippen LogP contribution in [0.4, 0.5) is 0 Å². The number of aromatic nitrogens is 3. The molecule has 22 heavy (non-hydrogen) atoms. The minimum Gasteiger partial charge on any atom is -0.455 e. The first kappa shape index (κ1) is 14.3. The normalized spacial score (nSPS) is 10.4. The molecule has 0 fully saturated rings. The van der Waals surface area contributed by atoms with E-state index < -0.39 is 5.97 Å². The van der Waals surface area contributed by atoms with Crippen molar-refractivity contribution in [1.29, 1.82) is 0 Å². The average molecular weight is 314 g/mol. The molecule has 0 atom stereocenters. The van der Waals surface area contributed by atoms with E-state index in [-0.39, 0.29) is 6.61 Å². The minimum absolute atomic E-state index is 0.0638. The van der Waals surface area contributed by atoms with Crippen LogP contribution in [0.5, 0.6) is 0 Å². The lowest BCUT2D eigenvalue weighted by atomic mass is 10.2. The van der Waals surface area contributed by atoms with Gasteiger partial charge in [0.15, 0.2) is 0 Å². The van der Waals surface area contributed by atoms with Crippen LogP contribution >= 0.6 is 11.6 Å². The maximum Gasteiger partial charge on any atom is 0.338 e. The predicted molar refractivity (Wildman–Crippen MR) is 81.9 cm³/mol. The quantitative estimate of drug-likeness (QED) is 0.694. The van der Waals surface area contributed by atoms with Crippen molar-refractivity contribution in [2.75, 3.05) is 0 Å². The third-order valence-corrected chi connectivity index (χ3v) is 3.24. The van der Waals surface area contributed by atoms with Crippen molar-refractivity contribution in [2.45, 2.75) is 6.61 Å². The van der Waals surface area contributed by atoms with Gasteiger partial charge in [-0.2, -0.15) is 0 Å². The van der Waals surface area contributed by atoms with Crippen LogP contribution in [0, 0.1) is 0 Å². The highest BCUT2D eigenvalue weighted by atomic mass is 35.5. The van der Waals surface area contributed by atoms with E-state index in [0.29, 0.717) is 16.3 Å². The fourth-order valence-corrected chi connectivity index (χ4v) is 2.01. The van der Waals surface area contributed by atoms with E-state index >= 15 is 0 Å². The molecule has 2 aromatic carbocycles.